The maximum Gasteiger partial charge on any atom is 0.243 e. The molecular formula is C26H26N2O2. The first-order valence-electron chi connectivity index (χ1n) is 10.5. The van der Waals surface area contributed by atoms with E-state index < -0.39 is 12.0 Å². The molecule has 30 heavy (non-hydrogen) atoms. The Hall–Kier alpha value is -3.40. The molecule has 2 N–H and O–H groups in total. The van der Waals surface area contributed by atoms with E-state index in [4.69, 9.17) is 0 Å². The summed E-state index contributed by atoms with van der Waals surface area (Å²) < 4.78 is 0. The van der Waals surface area contributed by atoms with Gasteiger partial charge in [-0.25, -0.2) is 0 Å². The lowest BCUT2D eigenvalue weighted by Crippen LogP contribution is -2.50. The van der Waals surface area contributed by atoms with Crippen molar-refractivity contribution < 1.29 is 9.59 Å². The molecule has 152 valence electrons. The van der Waals surface area contributed by atoms with Crippen LogP contribution in [-0.4, -0.2) is 23.9 Å². The molecule has 0 heterocycles. The van der Waals surface area contributed by atoms with E-state index in [2.05, 4.69) is 10.6 Å². The van der Waals surface area contributed by atoms with E-state index in [-0.39, 0.29) is 17.9 Å². The molecule has 0 saturated heterocycles. The summed E-state index contributed by atoms with van der Waals surface area (Å²) >= 11 is 0. The Bertz CT molecular complexity index is 930. The number of hydrogen-bond acceptors (Lipinski definition) is 2. The molecule has 0 aromatic heterocycles. The topological polar surface area (TPSA) is 58.2 Å². The lowest BCUT2D eigenvalue weighted by molar-refractivity contribution is -0.129. The van der Waals surface area contributed by atoms with Crippen LogP contribution in [0, 0.1) is 0 Å². The second-order valence-corrected chi connectivity index (χ2v) is 7.79. The van der Waals surface area contributed by atoms with Crippen molar-refractivity contribution in [2.45, 2.75) is 37.3 Å². The van der Waals surface area contributed by atoms with Crippen molar-refractivity contribution in [3.8, 4) is 0 Å². The van der Waals surface area contributed by atoms with Crippen molar-refractivity contribution in [1.82, 2.24) is 10.6 Å². The fraction of sp³-hybridized carbons (Fsp3) is 0.231. The van der Waals surface area contributed by atoms with Crippen molar-refractivity contribution >= 4 is 11.8 Å². The fourth-order valence-corrected chi connectivity index (χ4v) is 3.63. The molecule has 1 saturated carbocycles. The summed E-state index contributed by atoms with van der Waals surface area (Å²) in [7, 11) is 0. The van der Waals surface area contributed by atoms with Crippen LogP contribution in [0.3, 0.4) is 0 Å². The standard InChI is InChI=1S/C26H26N2O2/c29-25(27-22-16-17-22)23(18-19-10-4-1-5-11-19)28-26(30)24(20-12-6-2-7-13-20)21-14-8-3-9-15-21/h1-15,22-24H,16-18H2,(H,27,29)(H,28,30)/t23-/m0/s1. The lowest BCUT2D eigenvalue weighted by Gasteiger charge is -2.23. The largest absolute Gasteiger partial charge is 0.352 e. The first-order chi connectivity index (χ1) is 14.7. The summed E-state index contributed by atoms with van der Waals surface area (Å²) in [5, 5.41) is 6.09. The van der Waals surface area contributed by atoms with Gasteiger partial charge in [0, 0.05) is 12.5 Å². The Morgan fingerprint density at radius 2 is 1.23 bits per heavy atom. The molecular weight excluding hydrogens is 372 g/mol. The maximum absolute atomic E-state index is 13.5. The highest BCUT2D eigenvalue weighted by Crippen LogP contribution is 2.25. The number of carbonyl (C=O) groups excluding carboxylic acids is 2. The molecule has 2 amide bonds. The average Bonchev–Trinajstić information content (AvgIpc) is 3.60. The van der Waals surface area contributed by atoms with Gasteiger partial charge in [-0.1, -0.05) is 91.0 Å². The smallest absolute Gasteiger partial charge is 0.243 e. The van der Waals surface area contributed by atoms with E-state index in [0.29, 0.717) is 6.42 Å². The van der Waals surface area contributed by atoms with Crippen LogP contribution in [-0.2, 0) is 16.0 Å². The Kier molecular flexibility index (Phi) is 6.23. The lowest BCUT2D eigenvalue weighted by atomic mass is 9.90. The average molecular weight is 399 g/mol. The van der Waals surface area contributed by atoms with Crippen LogP contribution < -0.4 is 10.6 Å². The van der Waals surface area contributed by atoms with Crippen LogP contribution in [0.2, 0.25) is 0 Å². The van der Waals surface area contributed by atoms with Crippen LogP contribution >= 0.6 is 0 Å². The molecule has 1 aliphatic carbocycles. The molecule has 1 fully saturated rings. The molecule has 4 nitrogen and oxygen atoms in total. The van der Waals surface area contributed by atoms with E-state index >= 15 is 0 Å². The van der Waals surface area contributed by atoms with E-state index in [0.717, 1.165) is 29.5 Å². The number of carbonyl (C=O) groups is 2. The minimum absolute atomic E-state index is 0.116. The molecule has 1 atom stereocenters. The van der Waals surface area contributed by atoms with Gasteiger partial charge in [0.2, 0.25) is 11.8 Å². The SMILES string of the molecule is O=C(N[C@@H](Cc1ccccc1)C(=O)NC1CC1)C(c1ccccc1)c1ccccc1. The summed E-state index contributed by atoms with van der Waals surface area (Å²) in [4.78, 5) is 26.4. The first-order valence-corrected chi connectivity index (χ1v) is 10.5. The molecule has 4 rings (SSSR count). The van der Waals surface area contributed by atoms with Gasteiger partial charge in [0.05, 0.1) is 5.92 Å². The molecule has 0 spiro atoms. The predicted molar refractivity (Wildman–Crippen MR) is 118 cm³/mol. The Balaban J connectivity index is 1.59. The molecule has 0 unspecified atom stereocenters. The molecule has 0 bridgehead atoms. The van der Waals surface area contributed by atoms with Gasteiger partial charge in [0.1, 0.15) is 6.04 Å². The Morgan fingerprint density at radius 3 is 1.73 bits per heavy atom. The summed E-state index contributed by atoms with van der Waals surface area (Å²) in [5.41, 5.74) is 2.83. The van der Waals surface area contributed by atoms with E-state index in [1.807, 2.05) is 91.0 Å². The number of nitrogens with one attached hydrogen (secondary N) is 2. The zero-order valence-electron chi connectivity index (χ0n) is 16.8. The van der Waals surface area contributed by atoms with E-state index in [9.17, 15) is 9.59 Å². The quantitative estimate of drug-likeness (QED) is 0.606. The van der Waals surface area contributed by atoms with Crippen molar-refractivity contribution in [2.75, 3.05) is 0 Å². The maximum atomic E-state index is 13.5. The summed E-state index contributed by atoms with van der Waals surface area (Å²) in [6.45, 7) is 0. The third kappa shape index (κ3) is 5.15. The summed E-state index contributed by atoms with van der Waals surface area (Å²) in [6, 6.07) is 28.8. The van der Waals surface area contributed by atoms with Crippen molar-refractivity contribution in [3.05, 3.63) is 108 Å². The highest BCUT2D eigenvalue weighted by molar-refractivity contribution is 5.92. The third-order valence-corrected chi connectivity index (χ3v) is 5.37. The molecule has 1 aliphatic rings. The molecule has 3 aromatic rings. The van der Waals surface area contributed by atoms with Crippen LogP contribution in [0.25, 0.3) is 0 Å². The molecule has 3 aromatic carbocycles. The van der Waals surface area contributed by atoms with Gasteiger partial charge in [-0.3, -0.25) is 9.59 Å². The Morgan fingerprint density at radius 1 is 0.733 bits per heavy atom. The van der Waals surface area contributed by atoms with Gasteiger partial charge in [0.25, 0.3) is 0 Å². The first kappa shape index (κ1) is 19.9. The monoisotopic (exact) mass is 398 g/mol. The van der Waals surface area contributed by atoms with Crippen molar-refractivity contribution in [2.24, 2.45) is 0 Å². The normalized spacial score (nSPS) is 14.2. The second kappa shape index (κ2) is 9.40. The highest BCUT2D eigenvalue weighted by atomic mass is 16.2. The molecule has 4 heteroatoms. The number of benzene rings is 3. The zero-order valence-corrected chi connectivity index (χ0v) is 16.8. The van der Waals surface area contributed by atoms with Gasteiger partial charge < -0.3 is 10.6 Å². The van der Waals surface area contributed by atoms with Crippen molar-refractivity contribution in [3.63, 3.8) is 0 Å². The van der Waals surface area contributed by atoms with Gasteiger partial charge >= 0.3 is 0 Å². The number of amides is 2. The van der Waals surface area contributed by atoms with E-state index in [1.165, 1.54) is 0 Å². The highest BCUT2D eigenvalue weighted by Gasteiger charge is 2.31. The summed E-state index contributed by atoms with van der Waals surface area (Å²) in [6.07, 6.45) is 2.48. The van der Waals surface area contributed by atoms with Gasteiger partial charge in [0.15, 0.2) is 0 Å². The summed E-state index contributed by atoms with van der Waals surface area (Å²) in [5.74, 6) is -0.756. The fourth-order valence-electron chi connectivity index (χ4n) is 3.63. The zero-order chi connectivity index (χ0) is 20.8. The van der Waals surface area contributed by atoms with E-state index in [1.54, 1.807) is 0 Å². The van der Waals surface area contributed by atoms with Gasteiger partial charge in [-0.05, 0) is 29.5 Å². The molecule has 0 radical (unpaired) electrons. The minimum atomic E-state index is -0.615. The van der Waals surface area contributed by atoms with Crippen LogP contribution in [0.15, 0.2) is 91.0 Å². The van der Waals surface area contributed by atoms with Crippen LogP contribution in [0.1, 0.15) is 35.4 Å². The second-order valence-electron chi connectivity index (χ2n) is 7.79. The number of hydrogen-bond donors (Lipinski definition) is 2. The van der Waals surface area contributed by atoms with Crippen LogP contribution in [0.5, 0.6) is 0 Å². The minimum Gasteiger partial charge on any atom is -0.352 e. The van der Waals surface area contributed by atoms with Gasteiger partial charge in [-0.15, -0.1) is 0 Å². The third-order valence-electron chi connectivity index (χ3n) is 5.37. The van der Waals surface area contributed by atoms with Crippen LogP contribution in [0.4, 0.5) is 0 Å². The predicted octanol–water partition coefficient (Wildman–Crippen LogP) is 3.82. The van der Waals surface area contributed by atoms with Gasteiger partial charge in [-0.2, -0.15) is 0 Å². The molecule has 0 aliphatic heterocycles. The Labute approximate surface area is 177 Å². The number of rotatable bonds is 8. The van der Waals surface area contributed by atoms with Crippen molar-refractivity contribution in [1.29, 1.82) is 0 Å².